The fourth-order valence-corrected chi connectivity index (χ4v) is 4.65. The summed E-state index contributed by atoms with van der Waals surface area (Å²) in [5.74, 6) is 1.45. The number of carbonyl (C=O) groups excluding carboxylic acids is 2. The van der Waals surface area contributed by atoms with E-state index in [1.807, 2.05) is 6.92 Å². The van der Waals surface area contributed by atoms with Crippen molar-refractivity contribution < 1.29 is 9.59 Å². The van der Waals surface area contributed by atoms with Crippen molar-refractivity contribution in [2.75, 3.05) is 13.1 Å². The molecule has 0 spiro atoms. The Morgan fingerprint density at radius 1 is 0.957 bits per heavy atom. The topological polar surface area (TPSA) is 61.4 Å². The quantitative estimate of drug-likeness (QED) is 0.840. The number of fused-ring (bicyclic) bond motifs is 1. The van der Waals surface area contributed by atoms with E-state index < -0.39 is 0 Å². The van der Waals surface area contributed by atoms with Gasteiger partial charge in [0, 0.05) is 12.6 Å². The number of hydrogen-bond donors (Lipinski definition) is 2. The molecule has 0 aromatic heterocycles. The van der Waals surface area contributed by atoms with E-state index in [1.165, 1.54) is 44.9 Å². The number of imide groups is 1. The van der Waals surface area contributed by atoms with E-state index >= 15 is 0 Å². The molecule has 3 fully saturated rings. The van der Waals surface area contributed by atoms with Gasteiger partial charge in [0.05, 0.1) is 6.04 Å². The third-order valence-electron chi connectivity index (χ3n) is 6.18. The zero-order chi connectivity index (χ0) is 16.2. The molecule has 3 amide bonds. The third-order valence-corrected chi connectivity index (χ3v) is 6.18. The smallest absolute Gasteiger partial charge is 0.321 e. The summed E-state index contributed by atoms with van der Waals surface area (Å²) >= 11 is 0. The fourth-order valence-electron chi connectivity index (χ4n) is 4.65. The fraction of sp³-hybridized carbons (Fsp3) is 0.889. The lowest BCUT2D eigenvalue weighted by atomic mass is 9.75. The van der Waals surface area contributed by atoms with Gasteiger partial charge in [0.1, 0.15) is 0 Å². The first-order valence-electron chi connectivity index (χ1n) is 9.49. The predicted octanol–water partition coefficient (Wildman–Crippen LogP) is 2.66. The third kappa shape index (κ3) is 4.25. The highest BCUT2D eigenvalue weighted by Crippen LogP contribution is 2.36. The Labute approximate surface area is 139 Å². The molecular formula is C18H31N3O2. The number of amides is 3. The van der Waals surface area contributed by atoms with Crippen molar-refractivity contribution in [3.8, 4) is 0 Å². The molecule has 23 heavy (non-hydrogen) atoms. The molecule has 5 heteroatoms. The standard InChI is InChI=1S/C18H31N3O2/c1-13(17(22)20-18(23)19-16-8-4-5-9-16)21-11-10-14-6-2-3-7-15(14)12-21/h13-16H,2-12H2,1H3,(H2,19,20,22,23)/t13-,14+,15-/m1/s1. The molecule has 130 valence electrons. The Kier molecular flexibility index (Phi) is 5.57. The number of piperidine rings is 1. The van der Waals surface area contributed by atoms with Gasteiger partial charge in [0.15, 0.2) is 0 Å². The van der Waals surface area contributed by atoms with Crippen LogP contribution in [0, 0.1) is 11.8 Å². The molecule has 0 radical (unpaired) electrons. The van der Waals surface area contributed by atoms with Crippen LogP contribution in [0.25, 0.3) is 0 Å². The second-order valence-electron chi connectivity index (χ2n) is 7.71. The van der Waals surface area contributed by atoms with Crippen LogP contribution >= 0.6 is 0 Å². The molecular weight excluding hydrogens is 290 g/mol. The van der Waals surface area contributed by atoms with E-state index in [-0.39, 0.29) is 24.0 Å². The van der Waals surface area contributed by atoms with Crippen molar-refractivity contribution in [3.63, 3.8) is 0 Å². The molecule has 3 rings (SSSR count). The monoisotopic (exact) mass is 321 g/mol. The summed E-state index contributed by atoms with van der Waals surface area (Å²) < 4.78 is 0. The molecule has 0 aromatic carbocycles. The van der Waals surface area contributed by atoms with Gasteiger partial charge < -0.3 is 5.32 Å². The Balaban J connectivity index is 1.45. The van der Waals surface area contributed by atoms with Gasteiger partial charge in [0.25, 0.3) is 0 Å². The Bertz CT molecular complexity index is 434. The maximum absolute atomic E-state index is 12.4. The Hall–Kier alpha value is -1.10. The summed E-state index contributed by atoms with van der Waals surface area (Å²) in [6.45, 7) is 3.94. The number of carbonyl (C=O) groups is 2. The number of nitrogens with zero attached hydrogens (tertiary/aromatic N) is 1. The minimum Gasteiger partial charge on any atom is -0.335 e. The molecule has 0 bridgehead atoms. The highest BCUT2D eigenvalue weighted by atomic mass is 16.2. The first-order valence-corrected chi connectivity index (χ1v) is 9.49. The summed E-state index contributed by atoms with van der Waals surface area (Å²) in [6.07, 6.45) is 11.0. The van der Waals surface area contributed by atoms with Gasteiger partial charge in [-0.05, 0) is 51.0 Å². The highest BCUT2D eigenvalue weighted by Gasteiger charge is 2.34. The lowest BCUT2D eigenvalue weighted by Gasteiger charge is -2.43. The molecule has 0 aromatic rings. The largest absolute Gasteiger partial charge is 0.335 e. The van der Waals surface area contributed by atoms with Crippen molar-refractivity contribution in [1.82, 2.24) is 15.5 Å². The second-order valence-corrected chi connectivity index (χ2v) is 7.71. The molecule has 3 atom stereocenters. The molecule has 2 aliphatic carbocycles. The highest BCUT2D eigenvalue weighted by molar-refractivity contribution is 5.96. The van der Waals surface area contributed by atoms with Crippen LogP contribution in [0.15, 0.2) is 0 Å². The average molecular weight is 321 g/mol. The van der Waals surface area contributed by atoms with E-state index in [0.29, 0.717) is 0 Å². The van der Waals surface area contributed by atoms with Gasteiger partial charge in [-0.25, -0.2) is 4.79 Å². The maximum atomic E-state index is 12.4. The Morgan fingerprint density at radius 3 is 2.35 bits per heavy atom. The normalized spacial score (nSPS) is 30.5. The zero-order valence-electron chi connectivity index (χ0n) is 14.4. The van der Waals surface area contributed by atoms with Crippen LogP contribution < -0.4 is 10.6 Å². The molecule has 1 saturated heterocycles. The van der Waals surface area contributed by atoms with Crippen LogP contribution in [-0.4, -0.2) is 42.0 Å². The lowest BCUT2D eigenvalue weighted by molar-refractivity contribution is -0.126. The summed E-state index contributed by atoms with van der Waals surface area (Å²) in [4.78, 5) is 26.6. The number of rotatable bonds is 3. The summed E-state index contributed by atoms with van der Waals surface area (Å²) in [7, 11) is 0. The number of nitrogens with one attached hydrogen (secondary N) is 2. The van der Waals surface area contributed by atoms with Gasteiger partial charge in [0.2, 0.25) is 5.91 Å². The van der Waals surface area contributed by atoms with Crippen molar-refractivity contribution in [2.24, 2.45) is 11.8 Å². The van der Waals surface area contributed by atoms with Gasteiger partial charge in [-0.1, -0.05) is 32.1 Å². The summed E-state index contributed by atoms with van der Waals surface area (Å²) in [6, 6.07) is -0.287. The number of likely N-dealkylation sites (tertiary alicyclic amines) is 1. The minimum atomic E-state index is -0.318. The van der Waals surface area contributed by atoms with E-state index in [9.17, 15) is 9.59 Å². The van der Waals surface area contributed by atoms with Gasteiger partial charge in [-0.15, -0.1) is 0 Å². The van der Waals surface area contributed by atoms with Gasteiger partial charge in [-0.3, -0.25) is 15.0 Å². The van der Waals surface area contributed by atoms with Gasteiger partial charge in [-0.2, -0.15) is 0 Å². The van der Waals surface area contributed by atoms with Crippen LogP contribution in [0.4, 0.5) is 4.79 Å². The average Bonchev–Trinajstić information content (AvgIpc) is 3.06. The maximum Gasteiger partial charge on any atom is 0.321 e. The van der Waals surface area contributed by atoms with Crippen molar-refractivity contribution in [1.29, 1.82) is 0 Å². The van der Waals surface area contributed by atoms with E-state index in [1.54, 1.807) is 0 Å². The molecule has 2 N–H and O–H groups in total. The molecule has 3 aliphatic rings. The van der Waals surface area contributed by atoms with Crippen LogP contribution in [0.5, 0.6) is 0 Å². The van der Waals surface area contributed by atoms with Crippen molar-refractivity contribution >= 4 is 11.9 Å². The number of hydrogen-bond acceptors (Lipinski definition) is 3. The second kappa shape index (κ2) is 7.65. The predicted molar refractivity (Wildman–Crippen MR) is 90.0 cm³/mol. The SMILES string of the molecule is C[C@H](C(=O)NC(=O)NC1CCCC1)N1CC[C@@H]2CCCC[C@@H]2C1. The van der Waals surface area contributed by atoms with E-state index in [2.05, 4.69) is 15.5 Å². The van der Waals surface area contributed by atoms with Crippen molar-refractivity contribution in [3.05, 3.63) is 0 Å². The van der Waals surface area contributed by atoms with Crippen LogP contribution in [0.1, 0.15) is 64.7 Å². The Morgan fingerprint density at radius 2 is 1.61 bits per heavy atom. The molecule has 2 saturated carbocycles. The molecule has 5 nitrogen and oxygen atoms in total. The van der Waals surface area contributed by atoms with Crippen molar-refractivity contribution in [2.45, 2.75) is 76.8 Å². The summed E-state index contributed by atoms with van der Waals surface area (Å²) in [5, 5.41) is 5.47. The minimum absolute atomic E-state index is 0.158. The zero-order valence-corrected chi connectivity index (χ0v) is 14.4. The first kappa shape index (κ1) is 16.7. The van der Waals surface area contributed by atoms with Crippen LogP contribution in [0.2, 0.25) is 0 Å². The number of urea groups is 1. The van der Waals surface area contributed by atoms with Gasteiger partial charge >= 0.3 is 6.03 Å². The lowest BCUT2D eigenvalue weighted by Crippen LogP contribution is -2.54. The molecule has 1 heterocycles. The van der Waals surface area contributed by atoms with Crippen LogP contribution in [0.3, 0.4) is 0 Å². The van der Waals surface area contributed by atoms with E-state index in [4.69, 9.17) is 0 Å². The summed E-state index contributed by atoms with van der Waals surface area (Å²) in [5.41, 5.74) is 0. The van der Waals surface area contributed by atoms with E-state index in [0.717, 1.165) is 37.8 Å². The molecule has 0 unspecified atom stereocenters. The molecule has 1 aliphatic heterocycles. The first-order chi connectivity index (χ1) is 11.1. The van der Waals surface area contributed by atoms with Crippen LogP contribution in [-0.2, 0) is 4.79 Å².